The van der Waals surface area contributed by atoms with Gasteiger partial charge in [-0.3, -0.25) is 4.79 Å². The van der Waals surface area contributed by atoms with Crippen molar-refractivity contribution in [3.8, 4) is 0 Å². The van der Waals surface area contributed by atoms with E-state index in [9.17, 15) is 22.8 Å². The van der Waals surface area contributed by atoms with Crippen LogP contribution in [-0.2, 0) is 24.3 Å². The van der Waals surface area contributed by atoms with Crippen LogP contribution in [0.2, 0.25) is 0 Å². The van der Waals surface area contributed by atoms with Crippen molar-refractivity contribution in [2.45, 2.75) is 58.0 Å². The number of carbonyl (C=O) groups excluding carboxylic acids is 3. The summed E-state index contributed by atoms with van der Waals surface area (Å²) < 4.78 is 42.9. The Labute approximate surface area is 194 Å². The second kappa shape index (κ2) is 10.6. The van der Waals surface area contributed by atoms with Crippen molar-refractivity contribution in [1.29, 1.82) is 0 Å². The monoisotopic (exact) mass is 487 g/mol. The van der Waals surface area contributed by atoms with Crippen LogP contribution in [0.25, 0.3) is 0 Å². The number of nitrogens with zero attached hydrogens (tertiary/aromatic N) is 2. The minimum Gasteiger partial charge on any atom is -0.465 e. The number of esters is 1. The SMILES string of the molecule is COC(=O)c1c(C)oc(C)c1S(=O)(=O)N1CCN(C(=O)CCCNC(=O)OC(C)(C)C)CC1. The lowest BCUT2D eigenvalue weighted by Gasteiger charge is -2.34. The highest BCUT2D eigenvalue weighted by Crippen LogP contribution is 2.30. The molecule has 12 heteroatoms. The highest BCUT2D eigenvalue weighted by molar-refractivity contribution is 7.89. The Morgan fingerprint density at radius 1 is 1.06 bits per heavy atom. The normalized spacial score (nSPS) is 15.3. The molecular formula is C21H33N3O8S. The number of sulfonamides is 1. The van der Waals surface area contributed by atoms with Crippen LogP contribution in [0, 0.1) is 13.8 Å². The summed E-state index contributed by atoms with van der Waals surface area (Å²) in [5.74, 6) is -0.615. The van der Waals surface area contributed by atoms with Gasteiger partial charge in [-0.15, -0.1) is 0 Å². The number of aryl methyl sites for hydroxylation is 2. The van der Waals surface area contributed by atoms with E-state index < -0.39 is 27.7 Å². The van der Waals surface area contributed by atoms with Gasteiger partial charge in [-0.05, 0) is 41.0 Å². The zero-order chi connectivity index (χ0) is 25.0. The van der Waals surface area contributed by atoms with Gasteiger partial charge in [-0.2, -0.15) is 4.31 Å². The van der Waals surface area contributed by atoms with Gasteiger partial charge in [0.15, 0.2) is 0 Å². The maximum absolute atomic E-state index is 13.2. The Balaban J connectivity index is 1.91. The van der Waals surface area contributed by atoms with Gasteiger partial charge < -0.3 is 24.1 Å². The summed E-state index contributed by atoms with van der Waals surface area (Å²) in [6, 6.07) is 0. The van der Waals surface area contributed by atoms with Gasteiger partial charge in [0.05, 0.1) is 7.11 Å². The van der Waals surface area contributed by atoms with E-state index >= 15 is 0 Å². The van der Waals surface area contributed by atoms with Crippen molar-refractivity contribution in [3.05, 3.63) is 17.1 Å². The molecular weight excluding hydrogens is 454 g/mol. The lowest BCUT2D eigenvalue weighted by atomic mass is 10.2. The quantitative estimate of drug-likeness (QED) is 0.454. The Kier molecular flexibility index (Phi) is 8.52. The lowest BCUT2D eigenvalue weighted by Crippen LogP contribution is -2.50. The van der Waals surface area contributed by atoms with E-state index in [1.807, 2.05) is 0 Å². The number of alkyl carbamates (subject to hydrolysis) is 1. The molecule has 0 saturated carbocycles. The summed E-state index contributed by atoms with van der Waals surface area (Å²) >= 11 is 0. The predicted octanol–water partition coefficient (Wildman–Crippen LogP) is 1.82. The van der Waals surface area contributed by atoms with Crippen molar-refractivity contribution in [2.75, 3.05) is 39.8 Å². The van der Waals surface area contributed by atoms with E-state index in [4.69, 9.17) is 13.9 Å². The molecule has 1 saturated heterocycles. The first-order chi connectivity index (χ1) is 15.3. The fraction of sp³-hybridized carbons (Fsp3) is 0.667. The number of hydrogen-bond donors (Lipinski definition) is 1. The van der Waals surface area contributed by atoms with E-state index in [-0.39, 0.29) is 60.5 Å². The maximum atomic E-state index is 13.2. The molecule has 0 atom stereocenters. The first-order valence-electron chi connectivity index (χ1n) is 10.7. The maximum Gasteiger partial charge on any atom is 0.407 e. The zero-order valence-corrected chi connectivity index (χ0v) is 20.8. The number of nitrogens with one attached hydrogen (secondary N) is 1. The molecule has 0 aromatic carbocycles. The average molecular weight is 488 g/mol. The van der Waals surface area contributed by atoms with E-state index in [2.05, 4.69) is 5.32 Å². The van der Waals surface area contributed by atoms with Gasteiger partial charge in [-0.25, -0.2) is 18.0 Å². The van der Waals surface area contributed by atoms with E-state index in [0.29, 0.717) is 13.0 Å². The van der Waals surface area contributed by atoms with Gasteiger partial charge >= 0.3 is 12.1 Å². The minimum atomic E-state index is -4.01. The third kappa shape index (κ3) is 6.70. The third-order valence-electron chi connectivity index (χ3n) is 5.02. The van der Waals surface area contributed by atoms with Crippen LogP contribution in [-0.4, -0.2) is 81.0 Å². The van der Waals surface area contributed by atoms with Gasteiger partial charge in [0.25, 0.3) is 0 Å². The van der Waals surface area contributed by atoms with Crippen molar-refractivity contribution in [3.63, 3.8) is 0 Å². The van der Waals surface area contributed by atoms with Crippen LogP contribution in [0.3, 0.4) is 0 Å². The fourth-order valence-electron chi connectivity index (χ4n) is 3.52. The number of rotatable bonds is 7. The van der Waals surface area contributed by atoms with Crippen LogP contribution >= 0.6 is 0 Å². The molecule has 0 radical (unpaired) electrons. The largest absolute Gasteiger partial charge is 0.465 e. The van der Waals surface area contributed by atoms with Crippen LogP contribution in [0.15, 0.2) is 9.31 Å². The molecule has 1 aliphatic heterocycles. The molecule has 1 N–H and O–H groups in total. The van der Waals surface area contributed by atoms with Gasteiger partial charge in [-0.1, -0.05) is 0 Å². The van der Waals surface area contributed by atoms with Crippen molar-refractivity contribution < 1.29 is 36.7 Å². The van der Waals surface area contributed by atoms with Gasteiger partial charge in [0, 0.05) is 39.1 Å². The smallest absolute Gasteiger partial charge is 0.407 e. The Hall–Kier alpha value is -2.60. The molecule has 1 aromatic heterocycles. The summed E-state index contributed by atoms with van der Waals surface area (Å²) in [5, 5.41) is 2.60. The second-order valence-corrected chi connectivity index (χ2v) is 10.6. The summed E-state index contributed by atoms with van der Waals surface area (Å²) in [7, 11) is -2.84. The molecule has 0 spiro atoms. The highest BCUT2D eigenvalue weighted by Gasteiger charge is 2.37. The predicted molar refractivity (Wildman–Crippen MR) is 118 cm³/mol. The molecule has 2 rings (SSSR count). The molecule has 2 amide bonds. The van der Waals surface area contributed by atoms with Gasteiger partial charge in [0.1, 0.15) is 27.6 Å². The van der Waals surface area contributed by atoms with E-state index in [1.54, 1.807) is 25.7 Å². The lowest BCUT2D eigenvalue weighted by molar-refractivity contribution is -0.132. The molecule has 1 aromatic rings. The summed E-state index contributed by atoms with van der Waals surface area (Å²) in [5.41, 5.74) is -0.698. The summed E-state index contributed by atoms with van der Waals surface area (Å²) in [6.07, 6.45) is 0.117. The van der Waals surface area contributed by atoms with Crippen molar-refractivity contribution in [1.82, 2.24) is 14.5 Å². The Morgan fingerprint density at radius 3 is 2.21 bits per heavy atom. The topological polar surface area (TPSA) is 135 Å². The second-order valence-electron chi connectivity index (χ2n) is 8.73. The molecule has 2 heterocycles. The molecule has 1 aliphatic rings. The van der Waals surface area contributed by atoms with Crippen LogP contribution in [0.1, 0.15) is 55.5 Å². The zero-order valence-electron chi connectivity index (χ0n) is 20.0. The average Bonchev–Trinajstić information content (AvgIpc) is 3.03. The summed E-state index contributed by atoms with van der Waals surface area (Å²) in [4.78, 5) is 37.6. The molecule has 0 unspecified atom stereocenters. The number of ether oxygens (including phenoxy) is 2. The number of furan rings is 1. The molecule has 33 heavy (non-hydrogen) atoms. The minimum absolute atomic E-state index is 0.0918. The number of carbonyl (C=O) groups is 3. The van der Waals surface area contributed by atoms with Crippen molar-refractivity contribution >= 4 is 28.0 Å². The van der Waals surface area contributed by atoms with Crippen LogP contribution in [0.5, 0.6) is 0 Å². The van der Waals surface area contributed by atoms with Crippen LogP contribution in [0.4, 0.5) is 4.79 Å². The first-order valence-corrected chi connectivity index (χ1v) is 12.1. The molecule has 0 bridgehead atoms. The fourth-order valence-corrected chi connectivity index (χ4v) is 5.31. The molecule has 1 fully saturated rings. The molecule has 186 valence electrons. The number of piperazine rings is 1. The number of hydrogen-bond acceptors (Lipinski definition) is 8. The van der Waals surface area contributed by atoms with E-state index in [0.717, 1.165) is 0 Å². The standard InChI is InChI=1S/C21H33N3O8S/c1-14-17(19(26)30-6)18(15(2)31-14)33(28,29)24-12-10-23(11-13-24)16(25)8-7-9-22-20(27)32-21(3,4)5/h7-13H2,1-6H3,(H,22,27). The third-order valence-corrected chi connectivity index (χ3v) is 7.07. The highest BCUT2D eigenvalue weighted by atomic mass is 32.2. The number of amides is 2. The first kappa shape index (κ1) is 26.7. The Morgan fingerprint density at radius 2 is 1.67 bits per heavy atom. The summed E-state index contributed by atoms with van der Waals surface area (Å²) in [6.45, 7) is 9.21. The van der Waals surface area contributed by atoms with E-state index in [1.165, 1.54) is 25.3 Å². The van der Waals surface area contributed by atoms with Crippen LogP contribution < -0.4 is 5.32 Å². The Bertz CT molecular complexity index is 986. The van der Waals surface area contributed by atoms with Gasteiger partial charge in [0.2, 0.25) is 15.9 Å². The molecule has 0 aliphatic carbocycles. The van der Waals surface area contributed by atoms with Crippen molar-refractivity contribution in [2.24, 2.45) is 0 Å². The molecule has 11 nitrogen and oxygen atoms in total. The number of methoxy groups -OCH3 is 1.